The summed E-state index contributed by atoms with van der Waals surface area (Å²) in [6.45, 7) is -0.423. The minimum absolute atomic E-state index is 0.0136. The summed E-state index contributed by atoms with van der Waals surface area (Å²) in [4.78, 5) is 37.4. The molecule has 0 aliphatic carbocycles. The fraction of sp³-hybridized carbons (Fsp3) is 0.625. The molecular formula is C8H11N3O6. The highest BCUT2D eigenvalue weighted by atomic mass is 16.5. The summed E-state index contributed by atoms with van der Waals surface area (Å²) in [6.07, 6.45) is -2.84. The molecule has 2 heterocycles. The third kappa shape index (κ3) is 2.07. The molecule has 1 saturated heterocycles. The summed E-state index contributed by atoms with van der Waals surface area (Å²) in [5, 5.41) is 18.3. The second-order valence-electron chi connectivity index (χ2n) is 3.67. The van der Waals surface area contributed by atoms with E-state index in [9.17, 15) is 19.5 Å². The zero-order valence-corrected chi connectivity index (χ0v) is 8.62. The van der Waals surface area contributed by atoms with Crippen molar-refractivity contribution in [3.8, 4) is 0 Å². The molecule has 4 N–H and O–H groups in total. The lowest BCUT2D eigenvalue weighted by Gasteiger charge is -2.12. The molecule has 1 fully saturated rings. The minimum atomic E-state index is -1.00. The minimum Gasteiger partial charge on any atom is -0.394 e. The normalized spacial score (nSPS) is 28.5. The van der Waals surface area contributed by atoms with Gasteiger partial charge in [-0.05, 0) is 0 Å². The lowest BCUT2D eigenvalue weighted by Crippen LogP contribution is -2.45. The molecular weight excluding hydrogens is 234 g/mol. The zero-order valence-electron chi connectivity index (χ0n) is 8.62. The Hall–Kier alpha value is -1.71. The Kier molecular flexibility index (Phi) is 2.96. The summed E-state index contributed by atoms with van der Waals surface area (Å²) < 4.78 is 5.78. The number of aliphatic hydroxyl groups is 2. The van der Waals surface area contributed by atoms with E-state index in [1.54, 1.807) is 0 Å². The first-order chi connectivity index (χ1) is 8.02. The molecule has 94 valence electrons. The van der Waals surface area contributed by atoms with Crippen LogP contribution in [0.5, 0.6) is 0 Å². The summed E-state index contributed by atoms with van der Waals surface area (Å²) in [5.74, 6) is 0. The predicted molar refractivity (Wildman–Crippen MR) is 53.6 cm³/mol. The molecule has 17 heavy (non-hydrogen) atoms. The quantitative estimate of drug-likeness (QED) is 0.434. The molecule has 1 aromatic heterocycles. The molecule has 0 amide bonds. The van der Waals surface area contributed by atoms with Gasteiger partial charge in [0.1, 0.15) is 12.3 Å². The smallest absolute Gasteiger partial charge is 0.335 e. The lowest BCUT2D eigenvalue weighted by atomic mass is 10.2. The Balaban J connectivity index is 2.41. The highest BCUT2D eigenvalue weighted by molar-refractivity contribution is 4.83. The van der Waals surface area contributed by atoms with Gasteiger partial charge in [-0.2, -0.15) is 0 Å². The number of H-pyrrole nitrogens is 2. The largest absolute Gasteiger partial charge is 0.394 e. The van der Waals surface area contributed by atoms with E-state index >= 15 is 0 Å². The topological polar surface area (TPSA) is 137 Å². The number of ether oxygens (including phenoxy) is 1. The van der Waals surface area contributed by atoms with E-state index in [1.807, 2.05) is 9.97 Å². The molecule has 0 spiro atoms. The number of nitrogens with zero attached hydrogens (tertiary/aromatic N) is 1. The van der Waals surface area contributed by atoms with Gasteiger partial charge in [-0.3, -0.25) is 9.97 Å². The van der Waals surface area contributed by atoms with Crippen molar-refractivity contribution in [1.82, 2.24) is 14.5 Å². The van der Waals surface area contributed by atoms with E-state index in [1.165, 1.54) is 0 Å². The van der Waals surface area contributed by atoms with E-state index < -0.39 is 42.1 Å². The second-order valence-corrected chi connectivity index (χ2v) is 3.67. The maximum absolute atomic E-state index is 11.4. The van der Waals surface area contributed by atoms with Gasteiger partial charge in [-0.1, -0.05) is 0 Å². The Labute approximate surface area is 93.3 Å². The van der Waals surface area contributed by atoms with Crippen LogP contribution in [0.25, 0.3) is 0 Å². The van der Waals surface area contributed by atoms with Crippen molar-refractivity contribution in [3.05, 3.63) is 31.5 Å². The van der Waals surface area contributed by atoms with Gasteiger partial charge in [-0.25, -0.2) is 19.0 Å². The molecule has 2 rings (SSSR count). The van der Waals surface area contributed by atoms with Crippen molar-refractivity contribution in [2.45, 2.75) is 24.9 Å². The first-order valence-electron chi connectivity index (χ1n) is 4.92. The van der Waals surface area contributed by atoms with Gasteiger partial charge in [0.05, 0.1) is 12.7 Å². The van der Waals surface area contributed by atoms with Gasteiger partial charge in [0.2, 0.25) is 0 Å². The molecule has 0 saturated carbocycles. The van der Waals surface area contributed by atoms with Crippen LogP contribution < -0.4 is 17.1 Å². The van der Waals surface area contributed by atoms with E-state index in [4.69, 9.17) is 9.84 Å². The van der Waals surface area contributed by atoms with Crippen LogP contribution in [0, 0.1) is 0 Å². The van der Waals surface area contributed by atoms with Crippen molar-refractivity contribution in [3.63, 3.8) is 0 Å². The predicted octanol–water partition coefficient (Wildman–Crippen LogP) is -3.13. The number of aromatic amines is 2. The first kappa shape index (κ1) is 11.8. The number of rotatable bonds is 2. The van der Waals surface area contributed by atoms with Crippen LogP contribution in [0.1, 0.15) is 12.6 Å². The Morgan fingerprint density at radius 1 is 1.29 bits per heavy atom. The SMILES string of the molecule is O=c1[nH]c(=O)n([C@H]2C[C@H](O)[C@@H](CO)O2)c(=O)[nH]1. The van der Waals surface area contributed by atoms with Crippen molar-refractivity contribution >= 4 is 0 Å². The Bertz CT molecular complexity index is 537. The van der Waals surface area contributed by atoms with E-state index in [2.05, 4.69) is 0 Å². The molecule has 9 nitrogen and oxygen atoms in total. The van der Waals surface area contributed by atoms with Gasteiger partial charge in [0, 0.05) is 6.42 Å². The van der Waals surface area contributed by atoms with Crippen molar-refractivity contribution in [2.24, 2.45) is 0 Å². The van der Waals surface area contributed by atoms with E-state index in [0.717, 1.165) is 0 Å². The molecule has 0 aromatic carbocycles. The van der Waals surface area contributed by atoms with E-state index in [0.29, 0.717) is 4.57 Å². The van der Waals surface area contributed by atoms with Crippen LogP contribution in [-0.2, 0) is 4.74 Å². The average molecular weight is 245 g/mol. The summed E-state index contributed by atoms with van der Waals surface area (Å²) in [5.41, 5.74) is -2.75. The molecule has 1 aromatic rings. The number of hydrogen-bond donors (Lipinski definition) is 4. The van der Waals surface area contributed by atoms with Gasteiger partial charge in [-0.15, -0.1) is 0 Å². The van der Waals surface area contributed by atoms with Crippen LogP contribution in [-0.4, -0.2) is 43.6 Å². The Morgan fingerprint density at radius 3 is 2.35 bits per heavy atom. The van der Waals surface area contributed by atoms with Crippen LogP contribution in [0.3, 0.4) is 0 Å². The lowest BCUT2D eigenvalue weighted by molar-refractivity contribution is -0.0474. The van der Waals surface area contributed by atoms with Crippen molar-refractivity contribution in [1.29, 1.82) is 0 Å². The van der Waals surface area contributed by atoms with Crippen LogP contribution in [0.4, 0.5) is 0 Å². The molecule has 3 atom stereocenters. The van der Waals surface area contributed by atoms with Gasteiger partial charge < -0.3 is 14.9 Å². The summed E-state index contributed by atoms with van der Waals surface area (Å²) in [7, 11) is 0. The van der Waals surface area contributed by atoms with Crippen LogP contribution in [0.15, 0.2) is 14.4 Å². The fourth-order valence-electron chi connectivity index (χ4n) is 1.74. The molecule has 0 unspecified atom stereocenters. The number of nitrogens with one attached hydrogen (secondary N) is 2. The average Bonchev–Trinajstić information content (AvgIpc) is 2.57. The van der Waals surface area contributed by atoms with E-state index in [-0.39, 0.29) is 6.42 Å². The second kappa shape index (κ2) is 4.28. The number of aliphatic hydroxyl groups excluding tert-OH is 2. The van der Waals surface area contributed by atoms with Crippen LogP contribution in [0.2, 0.25) is 0 Å². The summed E-state index contributed by atoms with van der Waals surface area (Å²) >= 11 is 0. The summed E-state index contributed by atoms with van der Waals surface area (Å²) in [6, 6.07) is 0. The highest BCUT2D eigenvalue weighted by Gasteiger charge is 2.35. The van der Waals surface area contributed by atoms with Gasteiger partial charge in [0.25, 0.3) is 0 Å². The molecule has 0 radical (unpaired) electrons. The monoisotopic (exact) mass is 245 g/mol. The molecule has 1 aliphatic heterocycles. The van der Waals surface area contributed by atoms with Crippen molar-refractivity contribution in [2.75, 3.05) is 6.61 Å². The van der Waals surface area contributed by atoms with Crippen LogP contribution >= 0.6 is 0 Å². The van der Waals surface area contributed by atoms with Gasteiger partial charge in [0.15, 0.2) is 0 Å². The third-order valence-electron chi connectivity index (χ3n) is 2.55. The van der Waals surface area contributed by atoms with Crippen molar-refractivity contribution < 1.29 is 14.9 Å². The zero-order chi connectivity index (χ0) is 12.6. The number of aromatic nitrogens is 3. The molecule has 0 bridgehead atoms. The number of hydrogen-bond acceptors (Lipinski definition) is 6. The first-order valence-corrected chi connectivity index (χ1v) is 4.92. The Morgan fingerprint density at radius 2 is 1.88 bits per heavy atom. The maximum atomic E-state index is 11.4. The third-order valence-corrected chi connectivity index (χ3v) is 2.55. The molecule has 9 heteroatoms. The molecule has 1 aliphatic rings. The standard InChI is InChI=1S/C8H11N3O6/c12-2-4-3(13)1-5(17-4)11-7(15)9-6(14)10-8(11)16/h3-5,12-13H,1-2H2,(H2,9,10,14,15,16)/t3-,4+,5+/m0/s1. The fourth-order valence-corrected chi connectivity index (χ4v) is 1.74. The van der Waals surface area contributed by atoms with Gasteiger partial charge >= 0.3 is 17.1 Å². The highest BCUT2D eigenvalue weighted by Crippen LogP contribution is 2.25. The maximum Gasteiger partial charge on any atom is 0.335 e.